The molecule has 0 unspecified atom stereocenters. The van der Waals surface area contributed by atoms with Crippen molar-refractivity contribution in [2.75, 3.05) is 39.3 Å². The molecule has 3 aromatic rings. The largest absolute Gasteiger partial charge is 0.497 e. The lowest BCUT2D eigenvalue weighted by Crippen LogP contribution is -2.42. The van der Waals surface area contributed by atoms with Crippen molar-refractivity contribution in [3.05, 3.63) is 84.4 Å². The summed E-state index contributed by atoms with van der Waals surface area (Å²) in [7, 11) is 0.802. The number of hydrogen-bond donors (Lipinski definition) is 0. The van der Waals surface area contributed by atoms with Crippen LogP contribution in [-0.2, 0) is 21.2 Å². The Kier molecular flexibility index (Phi) is 8.08. The van der Waals surface area contributed by atoms with Gasteiger partial charge in [-0.05, 0) is 60.5 Å². The van der Waals surface area contributed by atoms with Crippen LogP contribution in [0.15, 0.2) is 83.8 Å². The summed E-state index contributed by atoms with van der Waals surface area (Å²) in [5.41, 5.74) is 1.63. The van der Waals surface area contributed by atoms with Gasteiger partial charge in [0.25, 0.3) is 0 Å². The zero-order chi connectivity index (χ0) is 23.8. The molecule has 3 aromatic carbocycles. The van der Waals surface area contributed by atoms with Crippen molar-refractivity contribution in [2.24, 2.45) is 0 Å². The van der Waals surface area contributed by atoms with Crippen LogP contribution in [0.2, 0.25) is 0 Å². The molecule has 174 valence electrons. The maximum absolute atomic E-state index is 13.4. The molecule has 0 radical (unpaired) electrons. The topological polar surface area (TPSA) is 76.2 Å². The molecule has 0 aliphatic rings. The molecule has 0 heterocycles. The summed E-state index contributed by atoms with van der Waals surface area (Å²) >= 11 is 0. The first kappa shape index (κ1) is 24.3. The van der Waals surface area contributed by atoms with Gasteiger partial charge in [0.2, 0.25) is 15.9 Å². The molecule has 0 atom stereocenters. The number of rotatable bonds is 10. The Bertz CT molecular complexity index is 1150. The van der Waals surface area contributed by atoms with Crippen molar-refractivity contribution in [3.8, 4) is 11.5 Å². The molecule has 33 heavy (non-hydrogen) atoms. The number of nitrogens with zero attached hydrogens (tertiary/aromatic N) is 2. The highest BCUT2D eigenvalue weighted by atomic mass is 32.2. The first-order chi connectivity index (χ1) is 15.8. The van der Waals surface area contributed by atoms with E-state index in [2.05, 4.69) is 0 Å². The second-order valence-corrected chi connectivity index (χ2v) is 9.34. The van der Waals surface area contributed by atoms with Crippen LogP contribution in [0.3, 0.4) is 0 Å². The molecular weight excluding hydrogens is 440 g/mol. The maximum atomic E-state index is 13.4. The van der Waals surface area contributed by atoms with Gasteiger partial charge in [-0.1, -0.05) is 30.3 Å². The Balaban J connectivity index is 1.84. The Morgan fingerprint density at radius 1 is 0.818 bits per heavy atom. The standard InChI is InChI=1S/C25H28N2O5S/c1-26(21-9-11-22(31-2)12-10-21)25(28)19-27(18-17-20-7-5-4-6-8-20)33(29,30)24-15-13-23(32-3)14-16-24/h4-16H,17-19H2,1-3H3. The molecule has 8 heteroatoms. The molecule has 1 amide bonds. The Hall–Kier alpha value is -3.36. The number of sulfonamides is 1. The van der Waals surface area contributed by atoms with Gasteiger partial charge in [0.1, 0.15) is 11.5 Å². The SMILES string of the molecule is COc1ccc(N(C)C(=O)CN(CCc2ccccc2)S(=O)(=O)c2ccc(OC)cc2)cc1. The van der Waals surface area contributed by atoms with Crippen LogP contribution < -0.4 is 14.4 Å². The highest BCUT2D eigenvalue weighted by Gasteiger charge is 2.28. The van der Waals surface area contributed by atoms with E-state index in [0.717, 1.165) is 5.56 Å². The van der Waals surface area contributed by atoms with Crippen molar-refractivity contribution >= 4 is 21.6 Å². The molecule has 0 saturated heterocycles. The average Bonchev–Trinajstić information content (AvgIpc) is 2.86. The zero-order valence-corrected chi connectivity index (χ0v) is 19.8. The minimum absolute atomic E-state index is 0.108. The fourth-order valence-electron chi connectivity index (χ4n) is 3.29. The number of hydrogen-bond acceptors (Lipinski definition) is 5. The third-order valence-electron chi connectivity index (χ3n) is 5.34. The first-order valence-electron chi connectivity index (χ1n) is 10.4. The quantitative estimate of drug-likeness (QED) is 0.454. The van der Waals surface area contributed by atoms with Crippen LogP contribution in [0, 0.1) is 0 Å². The molecule has 7 nitrogen and oxygen atoms in total. The van der Waals surface area contributed by atoms with Gasteiger partial charge >= 0.3 is 0 Å². The van der Waals surface area contributed by atoms with Crippen molar-refractivity contribution in [3.63, 3.8) is 0 Å². The first-order valence-corrected chi connectivity index (χ1v) is 11.9. The van der Waals surface area contributed by atoms with E-state index in [4.69, 9.17) is 9.47 Å². The van der Waals surface area contributed by atoms with E-state index >= 15 is 0 Å². The highest BCUT2D eigenvalue weighted by molar-refractivity contribution is 7.89. The normalized spacial score (nSPS) is 11.3. The minimum Gasteiger partial charge on any atom is -0.497 e. The van der Waals surface area contributed by atoms with E-state index in [0.29, 0.717) is 23.6 Å². The predicted molar refractivity (Wildman–Crippen MR) is 128 cm³/mol. The van der Waals surface area contributed by atoms with Gasteiger partial charge in [0.05, 0.1) is 25.7 Å². The average molecular weight is 469 g/mol. The Morgan fingerprint density at radius 3 is 1.91 bits per heavy atom. The summed E-state index contributed by atoms with van der Waals surface area (Å²) < 4.78 is 38.4. The predicted octanol–water partition coefficient (Wildman–Crippen LogP) is 3.60. The van der Waals surface area contributed by atoms with Gasteiger partial charge in [-0.25, -0.2) is 8.42 Å². The summed E-state index contributed by atoms with van der Waals surface area (Å²) in [5.74, 6) is 0.886. The Labute approximate surface area is 195 Å². The van der Waals surface area contributed by atoms with E-state index in [1.807, 2.05) is 30.3 Å². The molecule has 0 aromatic heterocycles. The number of anilines is 1. The van der Waals surface area contributed by atoms with Gasteiger partial charge in [-0.3, -0.25) is 4.79 Å². The van der Waals surface area contributed by atoms with Crippen LogP contribution in [0.5, 0.6) is 11.5 Å². The lowest BCUT2D eigenvalue weighted by molar-refractivity contribution is -0.118. The number of likely N-dealkylation sites (N-methyl/N-ethyl adjacent to an activating group) is 1. The number of carbonyl (C=O) groups excluding carboxylic acids is 1. The zero-order valence-electron chi connectivity index (χ0n) is 19.0. The van der Waals surface area contributed by atoms with Crippen molar-refractivity contribution in [1.29, 1.82) is 0 Å². The summed E-state index contributed by atoms with van der Waals surface area (Å²) in [6.07, 6.45) is 0.482. The van der Waals surface area contributed by atoms with Crippen molar-refractivity contribution in [1.82, 2.24) is 4.31 Å². The van der Waals surface area contributed by atoms with E-state index < -0.39 is 10.0 Å². The second kappa shape index (κ2) is 11.0. The monoisotopic (exact) mass is 468 g/mol. The van der Waals surface area contributed by atoms with Gasteiger partial charge < -0.3 is 14.4 Å². The fraction of sp³-hybridized carbons (Fsp3) is 0.240. The summed E-state index contributed by atoms with van der Waals surface area (Å²) in [5, 5.41) is 0. The number of carbonyl (C=O) groups is 1. The summed E-state index contributed by atoms with van der Waals surface area (Å²) in [4.78, 5) is 14.6. The number of methoxy groups -OCH3 is 2. The van der Waals surface area contributed by atoms with Crippen LogP contribution in [0.25, 0.3) is 0 Å². The molecule has 0 N–H and O–H groups in total. The molecular formula is C25H28N2O5S. The second-order valence-electron chi connectivity index (χ2n) is 7.40. The molecule has 0 aliphatic carbocycles. The van der Waals surface area contributed by atoms with Crippen molar-refractivity contribution in [2.45, 2.75) is 11.3 Å². The van der Waals surface area contributed by atoms with E-state index in [1.54, 1.807) is 50.6 Å². The number of ether oxygens (including phenoxy) is 2. The summed E-state index contributed by atoms with van der Waals surface area (Å²) in [6.45, 7) is -0.121. The highest BCUT2D eigenvalue weighted by Crippen LogP contribution is 2.22. The van der Waals surface area contributed by atoms with Crippen LogP contribution >= 0.6 is 0 Å². The van der Waals surface area contributed by atoms with Crippen LogP contribution in [-0.4, -0.2) is 53.0 Å². The van der Waals surface area contributed by atoms with Crippen molar-refractivity contribution < 1.29 is 22.7 Å². The van der Waals surface area contributed by atoms with Crippen LogP contribution in [0.1, 0.15) is 5.56 Å². The molecule has 0 fully saturated rings. The number of benzene rings is 3. The van der Waals surface area contributed by atoms with Gasteiger partial charge in [-0.2, -0.15) is 4.31 Å². The lowest BCUT2D eigenvalue weighted by Gasteiger charge is -2.25. The van der Waals surface area contributed by atoms with Gasteiger partial charge in [-0.15, -0.1) is 0 Å². The third kappa shape index (κ3) is 6.12. The van der Waals surface area contributed by atoms with Crippen LogP contribution in [0.4, 0.5) is 5.69 Å². The molecule has 0 bridgehead atoms. The van der Waals surface area contributed by atoms with E-state index in [1.165, 1.54) is 28.4 Å². The molecule has 0 aliphatic heterocycles. The van der Waals surface area contributed by atoms with Gasteiger partial charge in [0, 0.05) is 19.3 Å². The third-order valence-corrected chi connectivity index (χ3v) is 7.19. The summed E-state index contributed by atoms with van der Waals surface area (Å²) in [6, 6.07) is 22.7. The van der Waals surface area contributed by atoms with Gasteiger partial charge in [0.15, 0.2) is 0 Å². The molecule has 3 rings (SSSR count). The maximum Gasteiger partial charge on any atom is 0.243 e. The molecule has 0 spiro atoms. The van der Waals surface area contributed by atoms with E-state index in [9.17, 15) is 13.2 Å². The van der Waals surface area contributed by atoms with E-state index in [-0.39, 0.29) is 23.9 Å². The minimum atomic E-state index is -3.91. The Morgan fingerprint density at radius 2 is 1.36 bits per heavy atom. The molecule has 0 saturated carbocycles. The lowest BCUT2D eigenvalue weighted by atomic mass is 10.1. The number of amides is 1. The smallest absolute Gasteiger partial charge is 0.243 e. The fourth-order valence-corrected chi connectivity index (χ4v) is 4.68.